The van der Waals surface area contributed by atoms with Crippen LogP contribution >= 0.6 is 0 Å². The van der Waals surface area contributed by atoms with E-state index in [1.807, 2.05) is 0 Å². The number of hydrogen-bond acceptors (Lipinski definition) is 0. The Labute approximate surface area is 172 Å². The first-order chi connectivity index (χ1) is 14.4. The molecule has 2 aliphatic rings. The molecule has 0 bridgehead atoms. The summed E-state index contributed by atoms with van der Waals surface area (Å²) < 4.78 is 0. The zero-order valence-corrected chi connectivity index (χ0v) is 16.6. The molecule has 0 unspecified atom stereocenters. The minimum absolute atomic E-state index is 0.231. The van der Waals surface area contributed by atoms with Crippen molar-refractivity contribution in [2.24, 2.45) is 0 Å². The van der Waals surface area contributed by atoms with Crippen molar-refractivity contribution in [1.29, 1.82) is 0 Å². The third kappa shape index (κ3) is 2.52. The quantitative estimate of drug-likeness (QED) is 0.336. The molecule has 0 heteroatoms. The van der Waals surface area contributed by atoms with Gasteiger partial charge >= 0.3 is 0 Å². The second kappa shape index (κ2) is 6.46. The molecule has 0 N–H and O–H groups in total. The van der Waals surface area contributed by atoms with Crippen LogP contribution in [0.15, 0.2) is 97.1 Å². The van der Waals surface area contributed by atoms with Crippen LogP contribution in [0.2, 0.25) is 0 Å². The van der Waals surface area contributed by atoms with Crippen molar-refractivity contribution in [3.63, 3.8) is 0 Å². The van der Waals surface area contributed by atoms with E-state index in [2.05, 4.69) is 97.1 Å². The summed E-state index contributed by atoms with van der Waals surface area (Å²) in [7, 11) is 0. The molecule has 2 aliphatic carbocycles. The summed E-state index contributed by atoms with van der Waals surface area (Å²) in [6, 6.07) is 35.9. The highest BCUT2D eigenvalue weighted by atomic mass is 14.5. The lowest BCUT2D eigenvalue weighted by Gasteiger charge is -2.26. The molecule has 140 valence electrons. The Balaban J connectivity index is 1.57. The van der Waals surface area contributed by atoms with Gasteiger partial charge in [0.15, 0.2) is 0 Å². The monoisotopic (exact) mass is 372 g/mol. The van der Waals surface area contributed by atoms with Gasteiger partial charge in [0.2, 0.25) is 0 Å². The number of rotatable bonds is 2. The number of hydrogen-bond donors (Lipinski definition) is 0. The molecular weight excluding hydrogens is 348 g/mol. The predicted octanol–water partition coefficient (Wildman–Crippen LogP) is 7.86. The zero-order valence-electron chi connectivity index (χ0n) is 16.6. The minimum atomic E-state index is 0.231. The Bertz CT molecular complexity index is 1090. The maximum absolute atomic E-state index is 2.44. The van der Waals surface area contributed by atoms with Gasteiger partial charge in [0.05, 0.1) is 0 Å². The molecule has 29 heavy (non-hydrogen) atoms. The van der Waals surface area contributed by atoms with Gasteiger partial charge in [-0.3, -0.25) is 0 Å². The van der Waals surface area contributed by atoms with Gasteiger partial charge in [0.1, 0.15) is 0 Å². The topological polar surface area (TPSA) is 0 Å². The van der Waals surface area contributed by atoms with Crippen LogP contribution in [0.25, 0.3) is 33.4 Å². The normalized spacial score (nSPS) is 16.0. The fourth-order valence-corrected chi connectivity index (χ4v) is 5.65. The van der Waals surface area contributed by atoms with E-state index < -0.39 is 0 Å². The summed E-state index contributed by atoms with van der Waals surface area (Å²) in [4.78, 5) is 0. The van der Waals surface area contributed by atoms with Gasteiger partial charge in [-0.05, 0) is 69.5 Å². The van der Waals surface area contributed by atoms with E-state index in [1.165, 1.54) is 59.1 Å². The van der Waals surface area contributed by atoms with Crippen LogP contribution in [0, 0.1) is 0 Å². The van der Waals surface area contributed by atoms with Crippen molar-refractivity contribution in [3.05, 3.63) is 108 Å². The van der Waals surface area contributed by atoms with Gasteiger partial charge in [-0.25, -0.2) is 0 Å². The fourth-order valence-electron chi connectivity index (χ4n) is 5.65. The Morgan fingerprint density at radius 1 is 0.448 bits per heavy atom. The minimum Gasteiger partial charge on any atom is -0.0622 e. The average Bonchev–Trinajstić information content (AvgIpc) is 3.39. The smallest absolute Gasteiger partial charge is 0.0215 e. The molecule has 0 amide bonds. The molecule has 0 saturated heterocycles. The summed E-state index contributed by atoms with van der Waals surface area (Å²) in [6.07, 6.45) is 5.23. The van der Waals surface area contributed by atoms with Crippen molar-refractivity contribution in [2.45, 2.75) is 31.1 Å². The van der Waals surface area contributed by atoms with Crippen LogP contribution in [0.3, 0.4) is 0 Å². The first-order valence-corrected chi connectivity index (χ1v) is 10.8. The van der Waals surface area contributed by atoms with Crippen LogP contribution in [0.5, 0.6) is 0 Å². The van der Waals surface area contributed by atoms with Crippen LogP contribution in [0.4, 0.5) is 0 Å². The lowest BCUT2D eigenvalue weighted by molar-refractivity contribution is 0.550. The van der Waals surface area contributed by atoms with Crippen molar-refractivity contribution in [2.75, 3.05) is 0 Å². The van der Waals surface area contributed by atoms with Gasteiger partial charge in [0, 0.05) is 5.41 Å². The van der Waals surface area contributed by atoms with Gasteiger partial charge in [-0.2, -0.15) is 0 Å². The lowest BCUT2D eigenvalue weighted by Crippen LogP contribution is -2.20. The molecule has 6 rings (SSSR count). The SMILES string of the molecule is c1ccc(-c2ccc3c(c2)-c2cc(-c4ccccc4)ccc2C32CCCC2)cc1. The summed E-state index contributed by atoms with van der Waals surface area (Å²) in [5.41, 5.74) is 11.4. The second-order valence-corrected chi connectivity index (χ2v) is 8.54. The van der Waals surface area contributed by atoms with E-state index >= 15 is 0 Å². The molecule has 0 heterocycles. The summed E-state index contributed by atoms with van der Waals surface area (Å²) in [5.74, 6) is 0. The van der Waals surface area contributed by atoms with Crippen molar-refractivity contribution in [1.82, 2.24) is 0 Å². The first kappa shape index (κ1) is 16.8. The summed E-state index contributed by atoms with van der Waals surface area (Å²) in [6.45, 7) is 0. The zero-order chi connectivity index (χ0) is 19.3. The molecule has 1 fully saturated rings. The maximum atomic E-state index is 2.44. The van der Waals surface area contributed by atoms with Crippen LogP contribution in [-0.4, -0.2) is 0 Å². The molecule has 0 aliphatic heterocycles. The summed E-state index contributed by atoms with van der Waals surface area (Å²) >= 11 is 0. The van der Waals surface area contributed by atoms with E-state index in [9.17, 15) is 0 Å². The van der Waals surface area contributed by atoms with Gasteiger partial charge in [-0.1, -0.05) is 97.8 Å². The van der Waals surface area contributed by atoms with Crippen molar-refractivity contribution >= 4 is 0 Å². The van der Waals surface area contributed by atoms with E-state index in [-0.39, 0.29) is 5.41 Å². The molecule has 0 aromatic heterocycles. The summed E-state index contributed by atoms with van der Waals surface area (Å²) in [5, 5.41) is 0. The van der Waals surface area contributed by atoms with Crippen LogP contribution in [0.1, 0.15) is 36.8 Å². The Hall–Kier alpha value is -3.12. The Morgan fingerprint density at radius 2 is 0.897 bits per heavy atom. The van der Waals surface area contributed by atoms with Gasteiger partial charge < -0.3 is 0 Å². The molecule has 1 saturated carbocycles. The van der Waals surface area contributed by atoms with Crippen molar-refractivity contribution < 1.29 is 0 Å². The Morgan fingerprint density at radius 3 is 1.34 bits per heavy atom. The van der Waals surface area contributed by atoms with E-state index in [0.29, 0.717) is 0 Å². The number of fused-ring (bicyclic) bond motifs is 5. The van der Waals surface area contributed by atoms with E-state index in [4.69, 9.17) is 0 Å². The highest BCUT2D eigenvalue weighted by Crippen LogP contribution is 2.57. The second-order valence-electron chi connectivity index (χ2n) is 8.54. The standard InChI is InChI=1S/C29H24/c1-3-9-21(10-4-1)23-13-15-27-25(19-23)26-20-24(22-11-5-2-6-12-22)14-16-28(26)29(27)17-7-8-18-29/h1-6,9-16,19-20H,7-8,17-18H2. The lowest BCUT2D eigenvalue weighted by atomic mass is 9.76. The van der Waals surface area contributed by atoms with Crippen LogP contribution < -0.4 is 0 Å². The molecule has 1 spiro atoms. The third-order valence-corrected chi connectivity index (χ3v) is 7.03. The van der Waals surface area contributed by atoms with E-state index in [0.717, 1.165) is 0 Å². The largest absolute Gasteiger partial charge is 0.0622 e. The molecular formula is C29H24. The van der Waals surface area contributed by atoms with Gasteiger partial charge in [-0.15, -0.1) is 0 Å². The molecule has 4 aromatic rings. The predicted molar refractivity (Wildman–Crippen MR) is 122 cm³/mol. The molecule has 0 atom stereocenters. The van der Waals surface area contributed by atoms with Crippen LogP contribution in [-0.2, 0) is 5.41 Å². The highest BCUT2D eigenvalue weighted by Gasteiger charge is 2.44. The molecule has 4 aromatic carbocycles. The number of benzene rings is 4. The highest BCUT2D eigenvalue weighted by molar-refractivity contribution is 5.87. The average molecular weight is 373 g/mol. The first-order valence-electron chi connectivity index (χ1n) is 10.8. The molecule has 0 nitrogen and oxygen atoms in total. The van der Waals surface area contributed by atoms with Gasteiger partial charge in [0.25, 0.3) is 0 Å². The maximum Gasteiger partial charge on any atom is 0.0215 e. The van der Waals surface area contributed by atoms with Crippen molar-refractivity contribution in [3.8, 4) is 33.4 Å². The fraction of sp³-hybridized carbons (Fsp3) is 0.172. The third-order valence-electron chi connectivity index (χ3n) is 7.03. The van der Waals surface area contributed by atoms with E-state index in [1.54, 1.807) is 11.1 Å². The molecule has 0 radical (unpaired) electrons. The Kier molecular flexibility index (Phi) is 3.74.